The largest absolute Gasteiger partial charge is 0.357 e. The van der Waals surface area contributed by atoms with Gasteiger partial charge in [0.05, 0.1) is 11.6 Å². The van der Waals surface area contributed by atoms with Crippen LogP contribution in [0.4, 0.5) is 0 Å². The Labute approximate surface area is 123 Å². The Morgan fingerprint density at radius 2 is 2.42 bits per heavy atom. The van der Waals surface area contributed by atoms with E-state index in [-0.39, 0.29) is 0 Å². The molecule has 2 rings (SSSR count). The summed E-state index contributed by atoms with van der Waals surface area (Å²) in [5.41, 5.74) is 0. The van der Waals surface area contributed by atoms with Gasteiger partial charge < -0.3 is 10.6 Å². The molecular formula is C13H22N4S2. The summed E-state index contributed by atoms with van der Waals surface area (Å²) >= 11 is 3.78. The van der Waals surface area contributed by atoms with E-state index in [1.165, 1.54) is 23.5 Å². The van der Waals surface area contributed by atoms with Crippen LogP contribution < -0.4 is 10.6 Å². The van der Waals surface area contributed by atoms with E-state index in [0.717, 1.165) is 29.3 Å². The van der Waals surface area contributed by atoms with Gasteiger partial charge in [-0.1, -0.05) is 0 Å². The number of thioether (sulfide) groups is 1. The van der Waals surface area contributed by atoms with E-state index < -0.39 is 0 Å². The quantitative estimate of drug-likeness (QED) is 0.647. The molecule has 0 aromatic carbocycles. The van der Waals surface area contributed by atoms with Crippen LogP contribution in [0.5, 0.6) is 0 Å². The van der Waals surface area contributed by atoms with Crippen LogP contribution in [0.3, 0.4) is 0 Å². The highest BCUT2D eigenvalue weighted by Gasteiger charge is 2.15. The molecule has 1 aliphatic rings. The van der Waals surface area contributed by atoms with Crippen LogP contribution >= 0.6 is 23.1 Å². The van der Waals surface area contributed by atoms with Gasteiger partial charge in [0, 0.05) is 29.4 Å². The van der Waals surface area contributed by atoms with Gasteiger partial charge in [0.2, 0.25) is 0 Å². The average molecular weight is 298 g/mol. The zero-order valence-corrected chi connectivity index (χ0v) is 13.2. The minimum atomic E-state index is 0.707. The molecular weight excluding hydrogens is 276 g/mol. The number of hydrogen-bond acceptors (Lipinski definition) is 4. The number of nitrogens with zero attached hydrogens (tertiary/aromatic N) is 2. The normalized spacial score (nSPS) is 19.7. The number of aromatic nitrogens is 1. The van der Waals surface area contributed by atoms with Crippen molar-refractivity contribution < 1.29 is 0 Å². The highest BCUT2D eigenvalue weighted by molar-refractivity contribution is 8.00. The molecule has 6 heteroatoms. The monoisotopic (exact) mass is 298 g/mol. The van der Waals surface area contributed by atoms with Gasteiger partial charge in [0.1, 0.15) is 0 Å². The fraction of sp³-hybridized carbons (Fsp3) is 0.692. The topological polar surface area (TPSA) is 49.3 Å². The first-order chi connectivity index (χ1) is 9.28. The first-order valence-corrected chi connectivity index (χ1v) is 8.69. The van der Waals surface area contributed by atoms with Gasteiger partial charge in [0.25, 0.3) is 0 Å². The molecule has 0 radical (unpaired) electrons. The van der Waals surface area contributed by atoms with Gasteiger partial charge in [0.15, 0.2) is 5.96 Å². The zero-order chi connectivity index (χ0) is 13.5. The SMILES string of the molecule is CCNC(=NCc1cnc(C)s1)NCC1CCCS1. The number of aryl methyl sites for hydroxylation is 1. The zero-order valence-electron chi connectivity index (χ0n) is 11.6. The molecule has 1 aromatic rings. The summed E-state index contributed by atoms with van der Waals surface area (Å²) in [4.78, 5) is 10.1. The molecule has 0 saturated carbocycles. The fourth-order valence-electron chi connectivity index (χ4n) is 1.99. The maximum atomic E-state index is 4.61. The van der Waals surface area contributed by atoms with Gasteiger partial charge in [-0.05, 0) is 32.4 Å². The van der Waals surface area contributed by atoms with Crippen molar-refractivity contribution in [3.05, 3.63) is 16.1 Å². The molecule has 4 nitrogen and oxygen atoms in total. The summed E-state index contributed by atoms with van der Waals surface area (Å²) in [7, 11) is 0. The Hall–Kier alpha value is -0.750. The fourth-order valence-corrected chi connectivity index (χ4v) is 3.91. The molecule has 0 bridgehead atoms. The molecule has 1 saturated heterocycles. The van der Waals surface area contributed by atoms with Crippen molar-refractivity contribution in [2.45, 2.75) is 38.5 Å². The molecule has 1 aromatic heterocycles. The predicted octanol–water partition coefficient (Wildman–Crippen LogP) is 2.40. The van der Waals surface area contributed by atoms with Crippen LogP contribution in [0.2, 0.25) is 0 Å². The Balaban J connectivity index is 1.83. The van der Waals surface area contributed by atoms with Crippen molar-refractivity contribution >= 4 is 29.1 Å². The lowest BCUT2D eigenvalue weighted by molar-refractivity contribution is 0.727. The molecule has 1 aliphatic heterocycles. The van der Waals surface area contributed by atoms with Gasteiger partial charge in [-0.3, -0.25) is 0 Å². The number of rotatable bonds is 5. The van der Waals surface area contributed by atoms with E-state index in [1.54, 1.807) is 11.3 Å². The second-order valence-corrected chi connectivity index (χ2v) is 7.28. The minimum absolute atomic E-state index is 0.707. The van der Waals surface area contributed by atoms with Crippen LogP contribution in [-0.2, 0) is 6.54 Å². The molecule has 0 spiro atoms. The number of thiazole rings is 1. The first-order valence-electron chi connectivity index (χ1n) is 6.83. The predicted molar refractivity (Wildman–Crippen MR) is 85.1 cm³/mol. The number of aliphatic imine (C=N–C) groups is 1. The third-order valence-corrected chi connectivity index (χ3v) is 5.22. The summed E-state index contributed by atoms with van der Waals surface area (Å²) in [6.45, 7) is 6.74. The Morgan fingerprint density at radius 1 is 1.53 bits per heavy atom. The van der Waals surface area contributed by atoms with Crippen molar-refractivity contribution in [1.82, 2.24) is 15.6 Å². The van der Waals surface area contributed by atoms with E-state index in [4.69, 9.17) is 0 Å². The average Bonchev–Trinajstić information content (AvgIpc) is 3.04. The maximum absolute atomic E-state index is 4.61. The lowest BCUT2D eigenvalue weighted by Crippen LogP contribution is -2.40. The second kappa shape index (κ2) is 7.75. The summed E-state index contributed by atoms with van der Waals surface area (Å²) in [5, 5.41) is 8.59. The van der Waals surface area contributed by atoms with Gasteiger partial charge in [-0.2, -0.15) is 11.8 Å². The van der Waals surface area contributed by atoms with Crippen LogP contribution in [-0.4, -0.2) is 35.0 Å². The van der Waals surface area contributed by atoms with Crippen molar-refractivity contribution in [1.29, 1.82) is 0 Å². The van der Waals surface area contributed by atoms with Crippen LogP contribution in [0, 0.1) is 6.92 Å². The van der Waals surface area contributed by atoms with Gasteiger partial charge in [-0.25, -0.2) is 9.98 Å². The Morgan fingerprint density at radius 3 is 3.05 bits per heavy atom. The number of hydrogen-bond donors (Lipinski definition) is 2. The van der Waals surface area contributed by atoms with Crippen LogP contribution in [0.1, 0.15) is 29.7 Å². The van der Waals surface area contributed by atoms with Crippen molar-refractivity contribution in [3.8, 4) is 0 Å². The second-order valence-electron chi connectivity index (χ2n) is 4.56. The van der Waals surface area contributed by atoms with Crippen LogP contribution in [0.25, 0.3) is 0 Å². The summed E-state index contributed by atoms with van der Waals surface area (Å²) in [6.07, 6.45) is 4.59. The third kappa shape index (κ3) is 5.03. The van der Waals surface area contributed by atoms with Gasteiger partial charge >= 0.3 is 0 Å². The lowest BCUT2D eigenvalue weighted by atomic mass is 10.2. The maximum Gasteiger partial charge on any atom is 0.191 e. The lowest BCUT2D eigenvalue weighted by Gasteiger charge is -2.14. The number of nitrogens with one attached hydrogen (secondary N) is 2. The molecule has 2 heterocycles. The molecule has 1 fully saturated rings. The summed E-state index contributed by atoms with van der Waals surface area (Å²) in [5.74, 6) is 2.22. The summed E-state index contributed by atoms with van der Waals surface area (Å²) < 4.78 is 0. The first kappa shape index (κ1) is 14.7. The minimum Gasteiger partial charge on any atom is -0.357 e. The molecule has 1 unspecified atom stereocenters. The molecule has 0 amide bonds. The molecule has 19 heavy (non-hydrogen) atoms. The van der Waals surface area contributed by atoms with E-state index in [1.807, 2.05) is 13.1 Å². The molecule has 106 valence electrons. The smallest absolute Gasteiger partial charge is 0.191 e. The van der Waals surface area contributed by atoms with Crippen molar-refractivity contribution in [3.63, 3.8) is 0 Å². The number of guanidine groups is 1. The van der Waals surface area contributed by atoms with E-state index in [2.05, 4.69) is 39.3 Å². The van der Waals surface area contributed by atoms with E-state index in [9.17, 15) is 0 Å². The third-order valence-electron chi connectivity index (χ3n) is 2.93. The molecule has 2 N–H and O–H groups in total. The van der Waals surface area contributed by atoms with Crippen LogP contribution in [0.15, 0.2) is 11.2 Å². The van der Waals surface area contributed by atoms with Crippen molar-refractivity contribution in [2.75, 3.05) is 18.8 Å². The highest BCUT2D eigenvalue weighted by Crippen LogP contribution is 2.25. The van der Waals surface area contributed by atoms with Crippen molar-refractivity contribution in [2.24, 2.45) is 4.99 Å². The molecule has 1 atom stereocenters. The Kier molecular flexibility index (Phi) is 5.97. The highest BCUT2D eigenvalue weighted by atomic mass is 32.2. The van der Waals surface area contributed by atoms with E-state index in [0.29, 0.717) is 6.54 Å². The Bertz CT molecular complexity index is 411. The standard InChI is InChI=1S/C13H22N4S2/c1-3-14-13(16-7-11-5-4-6-18-11)17-9-12-8-15-10(2)19-12/h8,11H,3-7,9H2,1-2H3,(H2,14,16,17). The molecule has 0 aliphatic carbocycles. The summed E-state index contributed by atoms with van der Waals surface area (Å²) in [6, 6.07) is 0. The van der Waals surface area contributed by atoms with Gasteiger partial charge in [-0.15, -0.1) is 11.3 Å². The van der Waals surface area contributed by atoms with E-state index >= 15 is 0 Å².